The summed E-state index contributed by atoms with van der Waals surface area (Å²) in [5, 5.41) is 0. The molecule has 0 saturated heterocycles. The number of thioether (sulfide) groups is 1. The summed E-state index contributed by atoms with van der Waals surface area (Å²) in [5.41, 5.74) is 1.05. The molecule has 4 nitrogen and oxygen atoms in total. The van der Waals surface area contributed by atoms with E-state index in [4.69, 9.17) is 0 Å². The Bertz CT molecular complexity index is 575. The number of rotatable bonds is 1. The van der Waals surface area contributed by atoms with Crippen LogP contribution < -0.4 is 0 Å². The highest BCUT2D eigenvalue weighted by Gasteiger charge is 2.26. The molecule has 1 aromatic carbocycles. The molecule has 6 heteroatoms. The van der Waals surface area contributed by atoms with Gasteiger partial charge in [-0.2, -0.15) is 0 Å². The monoisotopic (exact) mass is 272 g/mol. The van der Waals surface area contributed by atoms with Gasteiger partial charge in [-0.25, -0.2) is 13.2 Å². The van der Waals surface area contributed by atoms with E-state index in [-0.39, 0.29) is 10.6 Å². The predicted molar refractivity (Wildman–Crippen MR) is 65.3 cm³/mol. The molecule has 0 spiro atoms. The van der Waals surface area contributed by atoms with Gasteiger partial charge in [0.15, 0.2) is 9.84 Å². The zero-order chi connectivity index (χ0) is 12.6. The van der Waals surface area contributed by atoms with E-state index in [0.717, 1.165) is 10.5 Å². The minimum absolute atomic E-state index is 0.119. The summed E-state index contributed by atoms with van der Waals surface area (Å²) in [6.07, 6.45) is 0. The molecule has 0 aliphatic carbocycles. The molecule has 0 bridgehead atoms. The molecule has 2 rings (SSSR count). The maximum Gasteiger partial charge on any atom is 0.338 e. The van der Waals surface area contributed by atoms with Gasteiger partial charge in [0.2, 0.25) is 0 Å². The molecule has 1 aromatic rings. The highest BCUT2D eigenvalue weighted by molar-refractivity contribution is 8.02. The number of fused-ring (bicyclic) bond motifs is 1. The Kier molecular flexibility index (Phi) is 3.18. The lowest BCUT2D eigenvalue weighted by molar-refractivity contribution is 0.0599. The zero-order valence-corrected chi connectivity index (χ0v) is 11.2. The molecule has 1 aliphatic heterocycles. The van der Waals surface area contributed by atoms with Crippen molar-refractivity contribution in [1.82, 2.24) is 0 Å². The van der Waals surface area contributed by atoms with E-state index in [9.17, 15) is 13.2 Å². The Morgan fingerprint density at radius 2 is 2.12 bits per heavy atom. The standard InChI is InChI=1S/C11H12O4S2/c1-7-5-9-10(6-8(7)11(12)15-2)17(13,14)4-3-16-9/h5-6H,3-4H2,1-2H3. The molecule has 0 unspecified atom stereocenters. The van der Waals surface area contributed by atoms with Crippen molar-refractivity contribution in [3.63, 3.8) is 0 Å². The number of ether oxygens (including phenoxy) is 1. The number of carbonyl (C=O) groups excluding carboxylic acids is 1. The van der Waals surface area contributed by atoms with Gasteiger partial charge in [-0.1, -0.05) is 0 Å². The molecule has 1 heterocycles. The summed E-state index contributed by atoms with van der Waals surface area (Å²) in [6, 6.07) is 3.17. The molecule has 0 fully saturated rings. The number of aryl methyl sites for hydroxylation is 1. The van der Waals surface area contributed by atoms with Crippen molar-refractivity contribution < 1.29 is 17.9 Å². The molecule has 92 valence electrons. The van der Waals surface area contributed by atoms with Gasteiger partial charge >= 0.3 is 5.97 Å². The smallest absolute Gasteiger partial charge is 0.338 e. The average molecular weight is 272 g/mol. The van der Waals surface area contributed by atoms with Crippen LogP contribution in [0.4, 0.5) is 0 Å². The van der Waals surface area contributed by atoms with Crippen LogP contribution in [0, 0.1) is 6.92 Å². The first-order chi connectivity index (χ1) is 7.95. The molecule has 0 amide bonds. The van der Waals surface area contributed by atoms with Crippen LogP contribution in [0.25, 0.3) is 0 Å². The van der Waals surface area contributed by atoms with Crippen LogP contribution in [0.2, 0.25) is 0 Å². The van der Waals surface area contributed by atoms with Gasteiger partial charge in [0, 0.05) is 10.6 Å². The lowest BCUT2D eigenvalue weighted by atomic mass is 10.1. The lowest BCUT2D eigenvalue weighted by Crippen LogP contribution is -2.16. The zero-order valence-electron chi connectivity index (χ0n) is 9.52. The highest BCUT2D eigenvalue weighted by Crippen LogP contribution is 2.34. The summed E-state index contributed by atoms with van der Waals surface area (Å²) in [7, 11) is -1.97. The fraction of sp³-hybridized carbons (Fsp3) is 0.364. The van der Waals surface area contributed by atoms with E-state index in [1.54, 1.807) is 13.0 Å². The van der Waals surface area contributed by atoms with Crippen LogP contribution in [-0.2, 0) is 14.6 Å². The average Bonchev–Trinajstić information content (AvgIpc) is 2.27. The fourth-order valence-corrected chi connectivity index (χ4v) is 5.05. The number of hydrogen-bond donors (Lipinski definition) is 0. The first kappa shape index (κ1) is 12.4. The first-order valence-electron chi connectivity index (χ1n) is 5.04. The van der Waals surface area contributed by atoms with Gasteiger partial charge in [-0.3, -0.25) is 0 Å². The van der Waals surface area contributed by atoms with Crippen molar-refractivity contribution in [1.29, 1.82) is 0 Å². The van der Waals surface area contributed by atoms with Crippen LogP contribution in [-0.4, -0.2) is 33.0 Å². The predicted octanol–water partition coefficient (Wildman–Crippen LogP) is 1.66. The fourth-order valence-electron chi connectivity index (χ4n) is 1.72. The minimum Gasteiger partial charge on any atom is -0.465 e. The number of methoxy groups -OCH3 is 1. The van der Waals surface area contributed by atoms with Crippen molar-refractivity contribution in [3.05, 3.63) is 23.3 Å². The number of esters is 1. The summed E-state index contributed by atoms with van der Waals surface area (Å²) >= 11 is 1.50. The van der Waals surface area contributed by atoms with E-state index < -0.39 is 15.8 Å². The minimum atomic E-state index is -3.25. The third-order valence-electron chi connectivity index (χ3n) is 2.64. The second-order valence-electron chi connectivity index (χ2n) is 3.77. The second-order valence-corrected chi connectivity index (χ2v) is 6.99. The van der Waals surface area contributed by atoms with E-state index in [1.807, 2.05) is 0 Å². The Morgan fingerprint density at radius 3 is 2.76 bits per heavy atom. The van der Waals surface area contributed by atoms with Crippen molar-refractivity contribution in [3.8, 4) is 0 Å². The summed E-state index contributed by atoms with van der Waals surface area (Å²) in [6.45, 7) is 1.77. The van der Waals surface area contributed by atoms with Gasteiger partial charge in [-0.05, 0) is 24.6 Å². The van der Waals surface area contributed by atoms with Gasteiger partial charge in [0.1, 0.15) is 0 Å². The molecule has 0 radical (unpaired) electrons. The molecular formula is C11H12O4S2. The summed E-state index contributed by atoms with van der Waals surface area (Å²) in [4.78, 5) is 12.5. The van der Waals surface area contributed by atoms with E-state index in [2.05, 4.69) is 4.74 Å². The molecule has 0 aromatic heterocycles. The molecular weight excluding hydrogens is 260 g/mol. The van der Waals surface area contributed by atoms with E-state index in [1.165, 1.54) is 24.9 Å². The van der Waals surface area contributed by atoms with Crippen molar-refractivity contribution in [2.75, 3.05) is 18.6 Å². The van der Waals surface area contributed by atoms with Crippen molar-refractivity contribution in [2.45, 2.75) is 16.7 Å². The SMILES string of the molecule is COC(=O)c1cc2c(cc1C)SCCS2(=O)=O. The second kappa shape index (κ2) is 4.34. The summed E-state index contributed by atoms with van der Waals surface area (Å²) in [5.74, 6) is 0.178. The molecule has 0 atom stereocenters. The number of carbonyl (C=O) groups is 1. The van der Waals surface area contributed by atoms with Crippen molar-refractivity contribution >= 4 is 27.6 Å². The van der Waals surface area contributed by atoms with E-state index in [0.29, 0.717) is 11.3 Å². The maximum atomic E-state index is 11.9. The first-order valence-corrected chi connectivity index (χ1v) is 7.68. The van der Waals surface area contributed by atoms with Crippen molar-refractivity contribution in [2.24, 2.45) is 0 Å². The molecule has 0 N–H and O–H groups in total. The third-order valence-corrected chi connectivity index (χ3v) is 5.83. The highest BCUT2D eigenvalue weighted by atomic mass is 32.2. The van der Waals surface area contributed by atoms with Crippen LogP contribution in [0.15, 0.2) is 21.9 Å². The third kappa shape index (κ3) is 2.19. The molecule has 1 aliphatic rings. The van der Waals surface area contributed by atoms with Crippen LogP contribution in [0.3, 0.4) is 0 Å². The van der Waals surface area contributed by atoms with Crippen LogP contribution in [0.5, 0.6) is 0 Å². The Labute approximate surface area is 104 Å². The normalized spacial score (nSPS) is 17.3. The van der Waals surface area contributed by atoms with Gasteiger partial charge in [0.05, 0.1) is 23.3 Å². The molecule has 0 saturated carbocycles. The summed E-state index contributed by atoms with van der Waals surface area (Å²) < 4.78 is 28.4. The van der Waals surface area contributed by atoms with Crippen LogP contribution >= 0.6 is 11.8 Å². The number of hydrogen-bond acceptors (Lipinski definition) is 5. The number of benzene rings is 1. The largest absolute Gasteiger partial charge is 0.465 e. The maximum absolute atomic E-state index is 11.9. The lowest BCUT2D eigenvalue weighted by Gasteiger charge is -2.17. The van der Waals surface area contributed by atoms with Crippen LogP contribution in [0.1, 0.15) is 15.9 Å². The number of sulfone groups is 1. The molecule has 17 heavy (non-hydrogen) atoms. The van der Waals surface area contributed by atoms with E-state index >= 15 is 0 Å². The topological polar surface area (TPSA) is 60.4 Å². The van der Waals surface area contributed by atoms with Gasteiger partial charge in [0.25, 0.3) is 0 Å². The Balaban J connectivity index is 2.65. The quantitative estimate of drug-likeness (QED) is 0.728. The van der Waals surface area contributed by atoms with Gasteiger partial charge < -0.3 is 4.74 Å². The Morgan fingerprint density at radius 1 is 1.41 bits per heavy atom. The Hall–Kier alpha value is -1.01. The van der Waals surface area contributed by atoms with Gasteiger partial charge in [-0.15, -0.1) is 11.8 Å².